The topological polar surface area (TPSA) is 142 Å². The van der Waals surface area contributed by atoms with Gasteiger partial charge in [-0.15, -0.1) is 6.42 Å². The Morgan fingerprint density at radius 2 is 1.60 bits per heavy atom. The Morgan fingerprint density at radius 1 is 1.00 bits per heavy atom. The van der Waals surface area contributed by atoms with Crippen molar-refractivity contribution in [3.63, 3.8) is 0 Å². The first-order valence-electron chi connectivity index (χ1n) is 12.7. The van der Waals surface area contributed by atoms with Gasteiger partial charge in [0.2, 0.25) is 11.2 Å². The second-order valence-corrected chi connectivity index (χ2v) is 10.3. The second-order valence-electron chi connectivity index (χ2n) is 10.3. The van der Waals surface area contributed by atoms with Crippen LogP contribution < -0.4 is 5.73 Å². The fourth-order valence-electron chi connectivity index (χ4n) is 4.96. The molecule has 2 saturated heterocycles. The molecular weight excluding hydrogens is 510 g/mol. The molecule has 1 aromatic heterocycles. The van der Waals surface area contributed by atoms with Crippen LogP contribution in [0.4, 0.5) is 0 Å². The number of nitrogens with zero attached hydrogens (tertiary/aromatic N) is 4. The van der Waals surface area contributed by atoms with Crippen LogP contribution in [0.2, 0.25) is 0 Å². The second kappa shape index (κ2) is 10.5. The molecule has 0 aliphatic carbocycles. The summed E-state index contributed by atoms with van der Waals surface area (Å²) >= 11 is 0. The number of aliphatic hydroxyl groups is 2. The number of terminal acetylenes is 1. The number of aromatic nitrogens is 2. The molecule has 2 aliphatic rings. The predicted octanol–water partition coefficient (Wildman–Crippen LogP) is 0.774. The van der Waals surface area contributed by atoms with E-state index in [0.717, 1.165) is 5.52 Å². The van der Waals surface area contributed by atoms with Gasteiger partial charge in [-0.25, -0.2) is 4.68 Å². The summed E-state index contributed by atoms with van der Waals surface area (Å²) in [5, 5.41) is 25.3. The number of hydrogen-bond donors (Lipinski definition) is 3. The van der Waals surface area contributed by atoms with Crippen LogP contribution in [0.3, 0.4) is 0 Å². The van der Waals surface area contributed by atoms with Crippen LogP contribution in [0.1, 0.15) is 29.9 Å². The third-order valence-electron chi connectivity index (χ3n) is 7.40. The number of benzene rings is 2. The number of para-hydroxylation sites is 1. The van der Waals surface area contributed by atoms with Crippen LogP contribution in [-0.2, 0) is 9.59 Å². The highest BCUT2D eigenvalue weighted by atomic mass is 16.3. The molecule has 3 amide bonds. The first-order chi connectivity index (χ1) is 18.8. The molecule has 0 spiro atoms. The number of nitrogens with two attached hydrogens (primary N) is 1. The molecular formula is C30H31N5O5. The van der Waals surface area contributed by atoms with Crippen molar-refractivity contribution in [3.8, 4) is 29.9 Å². The van der Waals surface area contributed by atoms with Gasteiger partial charge in [-0.1, -0.05) is 55.9 Å². The van der Waals surface area contributed by atoms with E-state index >= 15 is 0 Å². The summed E-state index contributed by atoms with van der Waals surface area (Å²) in [6.07, 6.45) is 5.06. The van der Waals surface area contributed by atoms with E-state index in [2.05, 4.69) is 22.9 Å². The normalized spacial score (nSPS) is 25.7. The first-order valence-corrected chi connectivity index (χ1v) is 12.7. The number of carbonyl (C=O) groups is 3. The van der Waals surface area contributed by atoms with E-state index in [-0.39, 0.29) is 23.4 Å². The van der Waals surface area contributed by atoms with Crippen LogP contribution >= 0.6 is 0 Å². The zero-order chi connectivity index (χ0) is 29.4. The van der Waals surface area contributed by atoms with Gasteiger partial charge in [0.15, 0.2) is 5.69 Å². The van der Waals surface area contributed by atoms with Crippen LogP contribution in [0.25, 0.3) is 16.6 Å². The highest BCUT2D eigenvalue weighted by Crippen LogP contribution is 2.28. The van der Waals surface area contributed by atoms with Crippen LogP contribution in [0.15, 0.2) is 48.5 Å². The Hall–Kier alpha value is -4.64. The maximum absolute atomic E-state index is 12.3. The third-order valence-corrected chi connectivity index (χ3v) is 7.40. The maximum Gasteiger partial charge on any atom is 0.269 e. The third kappa shape index (κ3) is 4.79. The Kier molecular flexibility index (Phi) is 7.44. The van der Waals surface area contributed by atoms with Crippen molar-refractivity contribution < 1.29 is 24.6 Å². The standard InChI is InChI=1S/C22H20N4O3.C8H11NO2/c1-14-13-25(2)21(28)22(14,29)11-10-15-6-5-7-16(12-15)26-18-9-4-3-8-17(18)19(24-26)20(23)27;1-4-8(11)6(2)5-9(3)7(8)10/h3-9,12,14,29H,13H2,1-2H3,(H2,23,27);1,6,11H,5H2,2-3H3. The lowest BCUT2D eigenvalue weighted by Crippen LogP contribution is -2.40. The Bertz CT molecular complexity index is 1610. The minimum Gasteiger partial charge on any atom is -0.369 e. The molecule has 206 valence electrons. The molecule has 0 bridgehead atoms. The van der Waals surface area contributed by atoms with E-state index in [0.29, 0.717) is 29.7 Å². The predicted molar refractivity (Wildman–Crippen MR) is 149 cm³/mol. The summed E-state index contributed by atoms with van der Waals surface area (Å²) in [6, 6.07) is 14.5. The number of primary amides is 1. The molecule has 3 heterocycles. The van der Waals surface area contributed by atoms with Gasteiger partial charge in [0.1, 0.15) is 0 Å². The monoisotopic (exact) mass is 541 g/mol. The highest BCUT2D eigenvalue weighted by Gasteiger charge is 2.49. The summed E-state index contributed by atoms with van der Waals surface area (Å²) in [5.74, 6) is 5.98. The summed E-state index contributed by atoms with van der Waals surface area (Å²) in [5.41, 5.74) is 4.46. The van der Waals surface area contributed by atoms with E-state index in [1.165, 1.54) is 9.80 Å². The lowest BCUT2D eigenvalue weighted by atomic mass is 9.92. The zero-order valence-electron chi connectivity index (χ0n) is 22.8. The van der Waals surface area contributed by atoms with Gasteiger partial charge in [0.05, 0.1) is 11.2 Å². The number of amides is 3. The van der Waals surface area contributed by atoms with Crippen molar-refractivity contribution >= 4 is 28.6 Å². The summed E-state index contributed by atoms with van der Waals surface area (Å²) in [4.78, 5) is 38.2. The van der Waals surface area contributed by atoms with E-state index in [1.54, 1.807) is 56.9 Å². The van der Waals surface area contributed by atoms with Crippen LogP contribution in [0, 0.1) is 36.0 Å². The maximum atomic E-state index is 12.3. The molecule has 4 unspecified atom stereocenters. The first kappa shape index (κ1) is 28.4. The Labute approximate surface area is 232 Å². The van der Waals surface area contributed by atoms with Crippen LogP contribution in [-0.4, -0.2) is 85.9 Å². The SMILES string of the molecule is C#CC1(O)C(=O)N(C)CC1C.CC1CN(C)C(=O)C1(O)C#Cc1cccc(-n2nc(C(N)=O)c3ccccc32)c1. The molecule has 5 rings (SSSR count). The van der Waals surface area contributed by atoms with Gasteiger partial charge in [-0.05, 0) is 24.3 Å². The molecule has 0 saturated carbocycles. The highest BCUT2D eigenvalue weighted by molar-refractivity contribution is 6.04. The molecule has 10 heteroatoms. The largest absolute Gasteiger partial charge is 0.369 e. The van der Waals surface area contributed by atoms with Crippen molar-refractivity contribution in [3.05, 3.63) is 59.8 Å². The van der Waals surface area contributed by atoms with E-state index < -0.39 is 23.0 Å². The fourth-order valence-corrected chi connectivity index (χ4v) is 4.96. The molecule has 2 aromatic carbocycles. The molecule has 0 radical (unpaired) electrons. The van der Waals surface area contributed by atoms with E-state index in [1.807, 2.05) is 24.3 Å². The van der Waals surface area contributed by atoms with Gasteiger partial charge in [-0.2, -0.15) is 5.10 Å². The van der Waals surface area contributed by atoms with Gasteiger partial charge in [0.25, 0.3) is 17.7 Å². The zero-order valence-corrected chi connectivity index (χ0v) is 22.8. The average molecular weight is 542 g/mol. The molecule has 2 fully saturated rings. The molecule has 10 nitrogen and oxygen atoms in total. The molecule has 40 heavy (non-hydrogen) atoms. The average Bonchev–Trinajstić information content (AvgIpc) is 3.49. The lowest BCUT2D eigenvalue weighted by Gasteiger charge is -2.17. The molecule has 4 N–H and O–H groups in total. The van der Waals surface area contributed by atoms with Gasteiger partial charge >= 0.3 is 0 Å². The van der Waals surface area contributed by atoms with E-state index in [9.17, 15) is 24.6 Å². The number of rotatable bonds is 2. The lowest BCUT2D eigenvalue weighted by molar-refractivity contribution is -0.139. The summed E-state index contributed by atoms with van der Waals surface area (Å²) in [6.45, 7) is 4.55. The number of likely N-dealkylation sites (tertiary alicyclic amines) is 2. The van der Waals surface area contributed by atoms with Gasteiger partial charge in [0, 0.05) is 50.0 Å². The fraction of sp³-hybridized carbons (Fsp3) is 0.333. The Morgan fingerprint density at radius 3 is 2.12 bits per heavy atom. The van der Waals surface area contributed by atoms with Crippen molar-refractivity contribution in [1.82, 2.24) is 19.6 Å². The van der Waals surface area contributed by atoms with Crippen LogP contribution in [0.5, 0.6) is 0 Å². The van der Waals surface area contributed by atoms with Crippen molar-refractivity contribution in [2.75, 3.05) is 27.2 Å². The van der Waals surface area contributed by atoms with Crippen molar-refractivity contribution in [1.29, 1.82) is 0 Å². The number of likely N-dealkylation sites (N-methyl/N-ethyl adjacent to an activating group) is 2. The number of carbonyl (C=O) groups excluding carboxylic acids is 3. The smallest absolute Gasteiger partial charge is 0.269 e. The van der Waals surface area contributed by atoms with Crippen molar-refractivity contribution in [2.24, 2.45) is 17.6 Å². The minimum atomic E-state index is -1.69. The molecule has 2 aliphatic heterocycles. The van der Waals surface area contributed by atoms with Gasteiger partial charge < -0.3 is 25.7 Å². The molecule has 3 aromatic rings. The Balaban J connectivity index is 0.000000283. The quantitative estimate of drug-likeness (QED) is 0.409. The summed E-state index contributed by atoms with van der Waals surface area (Å²) in [7, 11) is 3.28. The summed E-state index contributed by atoms with van der Waals surface area (Å²) < 4.78 is 1.63. The molecule has 4 atom stereocenters. The number of fused-ring (bicyclic) bond motifs is 1. The van der Waals surface area contributed by atoms with E-state index in [4.69, 9.17) is 12.2 Å². The minimum absolute atomic E-state index is 0.176. The van der Waals surface area contributed by atoms with Crippen molar-refractivity contribution in [2.45, 2.75) is 25.0 Å². The number of hydrogen-bond acceptors (Lipinski definition) is 6. The van der Waals surface area contributed by atoms with Gasteiger partial charge in [-0.3, -0.25) is 14.4 Å².